The Balaban J connectivity index is 1.51. The first-order valence-corrected chi connectivity index (χ1v) is 7.68. The maximum absolute atomic E-state index is 12.7. The summed E-state index contributed by atoms with van der Waals surface area (Å²) in [6, 6.07) is 15.7. The standard InChI is InChI=1S/C18H21FN2O2/c19-16-8-10-17(11-9-16)23-14-13-21-18(22)20-12-4-7-15-5-2-1-3-6-15/h1-3,5-6,8-11H,4,7,12-14H2,(H2,20,21,22). The molecule has 0 unspecified atom stereocenters. The van der Waals surface area contributed by atoms with Gasteiger partial charge in [-0.15, -0.1) is 0 Å². The number of carbonyl (C=O) groups is 1. The molecular formula is C18H21FN2O2. The molecule has 2 aromatic carbocycles. The van der Waals surface area contributed by atoms with E-state index in [9.17, 15) is 9.18 Å². The Morgan fingerprint density at radius 3 is 2.39 bits per heavy atom. The number of urea groups is 1. The third-order valence-electron chi connectivity index (χ3n) is 3.24. The van der Waals surface area contributed by atoms with E-state index >= 15 is 0 Å². The van der Waals surface area contributed by atoms with E-state index in [0.717, 1.165) is 12.8 Å². The summed E-state index contributed by atoms with van der Waals surface area (Å²) in [4.78, 5) is 11.6. The van der Waals surface area contributed by atoms with E-state index < -0.39 is 0 Å². The summed E-state index contributed by atoms with van der Waals surface area (Å²) in [6.07, 6.45) is 1.83. The molecule has 0 bridgehead atoms. The minimum Gasteiger partial charge on any atom is -0.492 e. The monoisotopic (exact) mass is 316 g/mol. The minimum absolute atomic E-state index is 0.208. The first kappa shape index (κ1) is 16.8. The third-order valence-corrected chi connectivity index (χ3v) is 3.24. The van der Waals surface area contributed by atoms with Gasteiger partial charge >= 0.3 is 6.03 Å². The number of nitrogens with one attached hydrogen (secondary N) is 2. The lowest BCUT2D eigenvalue weighted by atomic mass is 10.1. The van der Waals surface area contributed by atoms with Crippen LogP contribution in [0.4, 0.5) is 9.18 Å². The molecule has 4 nitrogen and oxygen atoms in total. The van der Waals surface area contributed by atoms with Crippen molar-refractivity contribution in [2.45, 2.75) is 12.8 Å². The number of carbonyl (C=O) groups excluding carboxylic acids is 1. The first-order valence-electron chi connectivity index (χ1n) is 7.68. The molecule has 0 fully saturated rings. The molecule has 0 saturated heterocycles. The van der Waals surface area contributed by atoms with Gasteiger partial charge in [0.05, 0.1) is 6.54 Å². The predicted octanol–water partition coefficient (Wildman–Crippen LogP) is 3.14. The van der Waals surface area contributed by atoms with E-state index in [4.69, 9.17) is 4.74 Å². The Hall–Kier alpha value is -2.56. The van der Waals surface area contributed by atoms with Crippen LogP contribution in [0.1, 0.15) is 12.0 Å². The normalized spacial score (nSPS) is 10.1. The van der Waals surface area contributed by atoms with Crippen molar-refractivity contribution in [3.05, 3.63) is 66.0 Å². The quantitative estimate of drug-likeness (QED) is 0.735. The van der Waals surface area contributed by atoms with Gasteiger partial charge in [-0.2, -0.15) is 0 Å². The zero-order valence-electron chi connectivity index (χ0n) is 12.9. The third kappa shape index (κ3) is 6.82. The average molecular weight is 316 g/mol. The van der Waals surface area contributed by atoms with Crippen LogP contribution in [0.15, 0.2) is 54.6 Å². The van der Waals surface area contributed by atoms with Gasteiger partial charge in [-0.25, -0.2) is 9.18 Å². The zero-order chi connectivity index (χ0) is 16.3. The maximum Gasteiger partial charge on any atom is 0.314 e. The summed E-state index contributed by atoms with van der Waals surface area (Å²) >= 11 is 0. The van der Waals surface area contributed by atoms with E-state index in [2.05, 4.69) is 22.8 Å². The Morgan fingerprint density at radius 2 is 1.65 bits per heavy atom. The number of rotatable bonds is 8. The molecule has 122 valence electrons. The van der Waals surface area contributed by atoms with Crippen molar-refractivity contribution >= 4 is 6.03 Å². The molecular weight excluding hydrogens is 295 g/mol. The second-order valence-electron chi connectivity index (χ2n) is 5.07. The highest BCUT2D eigenvalue weighted by Gasteiger charge is 2.00. The molecule has 0 spiro atoms. The summed E-state index contributed by atoms with van der Waals surface area (Å²) in [5.41, 5.74) is 1.27. The summed E-state index contributed by atoms with van der Waals surface area (Å²) < 4.78 is 18.1. The maximum atomic E-state index is 12.7. The van der Waals surface area contributed by atoms with Crippen molar-refractivity contribution in [3.8, 4) is 5.75 Å². The van der Waals surface area contributed by atoms with E-state index in [1.54, 1.807) is 12.1 Å². The number of ether oxygens (including phenoxy) is 1. The van der Waals surface area contributed by atoms with Crippen molar-refractivity contribution in [2.75, 3.05) is 19.7 Å². The molecule has 0 saturated carbocycles. The number of hydrogen-bond acceptors (Lipinski definition) is 2. The second-order valence-corrected chi connectivity index (χ2v) is 5.07. The van der Waals surface area contributed by atoms with Crippen LogP contribution < -0.4 is 15.4 Å². The number of benzene rings is 2. The van der Waals surface area contributed by atoms with Crippen LogP contribution in [-0.4, -0.2) is 25.7 Å². The molecule has 2 N–H and O–H groups in total. The summed E-state index contributed by atoms with van der Waals surface area (Å²) in [6.45, 7) is 1.35. The number of aryl methyl sites for hydroxylation is 1. The molecule has 0 aliphatic rings. The first-order chi connectivity index (χ1) is 11.2. The molecule has 0 aromatic heterocycles. The lowest BCUT2D eigenvalue weighted by Crippen LogP contribution is -2.38. The number of amides is 2. The van der Waals surface area contributed by atoms with Gasteiger partial charge in [0.15, 0.2) is 0 Å². The SMILES string of the molecule is O=C(NCCCc1ccccc1)NCCOc1ccc(F)cc1. The van der Waals surface area contributed by atoms with Crippen LogP contribution in [0.2, 0.25) is 0 Å². The Kier molecular flexibility index (Phi) is 6.91. The van der Waals surface area contributed by atoms with Crippen molar-refractivity contribution in [2.24, 2.45) is 0 Å². The Morgan fingerprint density at radius 1 is 0.957 bits per heavy atom. The molecule has 2 aromatic rings. The van der Waals surface area contributed by atoms with Crippen LogP contribution in [0.3, 0.4) is 0 Å². The topological polar surface area (TPSA) is 50.4 Å². The van der Waals surface area contributed by atoms with Crippen LogP contribution >= 0.6 is 0 Å². The molecule has 0 heterocycles. The molecule has 0 aliphatic heterocycles. The van der Waals surface area contributed by atoms with Gasteiger partial charge in [0.1, 0.15) is 18.2 Å². The van der Waals surface area contributed by atoms with Gasteiger partial charge in [-0.3, -0.25) is 0 Å². The Bertz CT molecular complexity index is 588. The van der Waals surface area contributed by atoms with Crippen LogP contribution in [0.5, 0.6) is 5.75 Å². The summed E-state index contributed by atoms with van der Waals surface area (Å²) in [5, 5.41) is 5.52. The van der Waals surface area contributed by atoms with Crippen molar-refractivity contribution in [1.29, 1.82) is 0 Å². The minimum atomic E-state index is -0.301. The van der Waals surface area contributed by atoms with Crippen molar-refractivity contribution < 1.29 is 13.9 Å². The highest BCUT2D eigenvalue weighted by molar-refractivity contribution is 5.73. The summed E-state index contributed by atoms with van der Waals surface area (Å²) in [5.74, 6) is 0.279. The smallest absolute Gasteiger partial charge is 0.314 e. The Labute approximate surface area is 135 Å². The van der Waals surface area contributed by atoms with Gasteiger partial charge in [0.2, 0.25) is 0 Å². The van der Waals surface area contributed by atoms with Gasteiger partial charge in [0.25, 0.3) is 0 Å². The van der Waals surface area contributed by atoms with Gasteiger partial charge in [0, 0.05) is 6.54 Å². The van der Waals surface area contributed by atoms with Crippen molar-refractivity contribution in [1.82, 2.24) is 10.6 Å². The molecule has 0 atom stereocenters. The number of halogens is 1. The average Bonchev–Trinajstić information content (AvgIpc) is 2.58. The lowest BCUT2D eigenvalue weighted by Gasteiger charge is -2.09. The lowest BCUT2D eigenvalue weighted by molar-refractivity contribution is 0.236. The summed E-state index contributed by atoms with van der Waals surface area (Å²) in [7, 11) is 0. The van der Waals surface area contributed by atoms with Crippen LogP contribution in [0, 0.1) is 5.82 Å². The zero-order valence-corrected chi connectivity index (χ0v) is 12.9. The van der Waals surface area contributed by atoms with Gasteiger partial charge in [-0.05, 0) is 42.7 Å². The molecule has 5 heteroatoms. The molecule has 23 heavy (non-hydrogen) atoms. The van der Waals surface area contributed by atoms with Gasteiger partial charge < -0.3 is 15.4 Å². The number of hydrogen-bond donors (Lipinski definition) is 2. The molecule has 0 aliphatic carbocycles. The fourth-order valence-electron chi connectivity index (χ4n) is 2.07. The fraction of sp³-hybridized carbons (Fsp3) is 0.278. The molecule has 2 amide bonds. The highest BCUT2D eigenvalue weighted by atomic mass is 19.1. The van der Waals surface area contributed by atoms with E-state index in [1.165, 1.54) is 17.7 Å². The van der Waals surface area contributed by atoms with Crippen LogP contribution in [-0.2, 0) is 6.42 Å². The predicted molar refractivity (Wildman–Crippen MR) is 88.1 cm³/mol. The fourth-order valence-corrected chi connectivity index (χ4v) is 2.07. The van der Waals surface area contributed by atoms with Gasteiger partial charge in [-0.1, -0.05) is 30.3 Å². The van der Waals surface area contributed by atoms with Crippen molar-refractivity contribution in [3.63, 3.8) is 0 Å². The van der Waals surface area contributed by atoms with E-state index in [1.807, 2.05) is 18.2 Å². The van der Waals surface area contributed by atoms with E-state index in [-0.39, 0.29) is 11.8 Å². The largest absolute Gasteiger partial charge is 0.492 e. The molecule has 0 radical (unpaired) electrons. The highest BCUT2D eigenvalue weighted by Crippen LogP contribution is 2.10. The van der Waals surface area contributed by atoms with Crippen LogP contribution in [0.25, 0.3) is 0 Å². The molecule has 2 rings (SSSR count). The second kappa shape index (κ2) is 9.46. The van der Waals surface area contributed by atoms with E-state index in [0.29, 0.717) is 25.4 Å².